The smallest absolute Gasteiger partial charge is 0.336 e. The van der Waals surface area contributed by atoms with Crippen molar-refractivity contribution in [2.75, 3.05) is 7.11 Å². The van der Waals surface area contributed by atoms with Gasteiger partial charge >= 0.3 is 11.6 Å². The monoisotopic (exact) mass is 342 g/mol. The summed E-state index contributed by atoms with van der Waals surface area (Å²) in [4.78, 5) is 23.5. The highest BCUT2D eigenvalue weighted by Gasteiger charge is 2.12. The zero-order chi connectivity index (χ0) is 18.4. The zero-order valence-corrected chi connectivity index (χ0v) is 14.9. The van der Waals surface area contributed by atoms with Crippen LogP contribution in [0.1, 0.15) is 33.6 Å². The van der Waals surface area contributed by atoms with Crippen molar-refractivity contribution in [3.05, 3.63) is 58.0 Å². The number of fused-ring (bicyclic) bond motifs is 1. The molecule has 0 aliphatic carbocycles. The number of rotatable bonds is 6. The van der Waals surface area contributed by atoms with E-state index in [1.807, 2.05) is 20.8 Å². The van der Waals surface area contributed by atoms with Gasteiger partial charge in [-0.3, -0.25) is 0 Å². The fourth-order valence-corrected chi connectivity index (χ4v) is 2.31. The Hall–Kier alpha value is -2.82. The largest absolute Gasteiger partial charge is 0.493 e. The molecule has 0 N–H and O–H groups in total. The third-order valence-corrected chi connectivity index (χ3v) is 3.57. The SMILES string of the molecule is COc1cc2ccc(=O)oc2cc1OC(=O)C=C(C)CCC=C(C)C. The van der Waals surface area contributed by atoms with E-state index in [-0.39, 0.29) is 5.75 Å². The minimum atomic E-state index is -0.495. The number of ether oxygens (including phenoxy) is 2. The maximum absolute atomic E-state index is 12.1. The van der Waals surface area contributed by atoms with E-state index in [9.17, 15) is 9.59 Å². The summed E-state index contributed by atoms with van der Waals surface area (Å²) < 4.78 is 15.7. The molecule has 132 valence electrons. The van der Waals surface area contributed by atoms with E-state index in [1.54, 1.807) is 12.1 Å². The third-order valence-electron chi connectivity index (χ3n) is 3.57. The van der Waals surface area contributed by atoms with E-state index in [4.69, 9.17) is 13.9 Å². The summed E-state index contributed by atoms with van der Waals surface area (Å²) in [6, 6.07) is 6.10. The molecule has 25 heavy (non-hydrogen) atoms. The quantitative estimate of drug-likeness (QED) is 0.256. The topological polar surface area (TPSA) is 65.7 Å². The molecule has 5 heteroatoms. The molecule has 0 saturated heterocycles. The molecule has 1 aromatic heterocycles. The Morgan fingerprint density at radius 1 is 1.16 bits per heavy atom. The van der Waals surface area contributed by atoms with Crippen LogP contribution in [-0.2, 0) is 4.79 Å². The minimum absolute atomic E-state index is 0.211. The average molecular weight is 342 g/mol. The van der Waals surface area contributed by atoms with Crippen molar-refractivity contribution in [1.29, 1.82) is 0 Å². The minimum Gasteiger partial charge on any atom is -0.493 e. The number of esters is 1. The highest BCUT2D eigenvalue weighted by molar-refractivity contribution is 5.87. The fourth-order valence-electron chi connectivity index (χ4n) is 2.31. The molecule has 5 nitrogen and oxygen atoms in total. The zero-order valence-electron chi connectivity index (χ0n) is 14.9. The van der Waals surface area contributed by atoms with E-state index in [0.29, 0.717) is 16.7 Å². The molecule has 0 atom stereocenters. The molecule has 1 aromatic carbocycles. The van der Waals surface area contributed by atoms with Crippen LogP contribution in [0.15, 0.2) is 56.8 Å². The number of allylic oxidation sites excluding steroid dienone is 3. The predicted molar refractivity (Wildman–Crippen MR) is 97.1 cm³/mol. The number of carbonyl (C=O) groups is 1. The third kappa shape index (κ3) is 5.35. The molecule has 1 heterocycles. The van der Waals surface area contributed by atoms with Gasteiger partial charge in [-0.15, -0.1) is 0 Å². The molecule has 0 spiro atoms. The van der Waals surface area contributed by atoms with Crippen molar-refractivity contribution in [2.45, 2.75) is 33.6 Å². The van der Waals surface area contributed by atoms with Crippen LogP contribution in [-0.4, -0.2) is 13.1 Å². The first-order valence-electron chi connectivity index (χ1n) is 8.03. The van der Waals surface area contributed by atoms with Gasteiger partial charge in [0.25, 0.3) is 0 Å². The van der Waals surface area contributed by atoms with E-state index < -0.39 is 11.6 Å². The normalized spacial score (nSPS) is 11.3. The maximum atomic E-state index is 12.1. The number of hydrogen-bond donors (Lipinski definition) is 0. The molecule has 0 bridgehead atoms. The standard InChI is InChI=1S/C20H22O5/c1-13(2)6-5-7-14(3)10-20(22)25-18-12-16-15(11-17(18)23-4)8-9-19(21)24-16/h6,8-12H,5,7H2,1-4H3. The summed E-state index contributed by atoms with van der Waals surface area (Å²) in [5.74, 6) is 0.110. The molecule has 0 radical (unpaired) electrons. The van der Waals surface area contributed by atoms with Crippen LogP contribution in [0.2, 0.25) is 0 Å². The number of methoxy groups -OCH3 is 1. The van der Waals surface area contributed by atoms with E-state index in [1.165, 1.54) is 30.9 Å². The second kappa shape index (κ2) is 8.33. The molecular formula is C20H22O5. The molecule has 0 unspecified atom stereocenters. The van der Waals surface area contributed by atoms with Gasteiger partial charge in [0.1, 0.15) is 5.58 Å². The summed E-state index contributed by atoms with van der Waals surface area (Å²) in [7, 11) is 1.48. The lowest BCUT2D eigenvalue weighted by molar-refractivity contribution is -0.129. The van der Waals surface area contributed by atoms with E-state index in [0.717, 1.165) is 18.4 Å². The number of carbonyl (C=O) groups excluding carboxylic acids is 1. The lowest BCUT2D eigenvalue weighted by Crippen LogP contribution is -2.06. The molecule has 0 fully saturated rings. The van der Waals surface area contributed by atoms with Gasteiger partial charge in [0.05, 0.1) is 7.11 Å². The molecule has 0 saturated carbocycles. The van der Waals surface area contributed by atoms with Crippen LogP contribution in [0, 0.1) is 0 Å². The van der Waals surface area contributed by atoms with Crippen LogP contribution >= 0.6 is 0 Å². The van der Waals surface area contributed by atoms with Gasteiger partial charge in [-0.1, -0.05) is 17.2 Å². The molecule has 0 aliphatic heterocycles. The van der Waals surface area contributed by atoms with Crippen LogP contribution in [0.25, 0.3) is 11.0 Å². The Balaban J connectivity index is 2.19. The molecule has 0 amide bonds. The average Bonchev–Trinajstić information content (AvgIpc) is 2.53. The van der Waals surface area contributed by atoms with Gasteiger partial charge in [0, 0.05) is 23.6 Å². The first-order valence-corrected chi connectivity index (χ1v) is 8.03. The van der Waals surface area contributed by atoms with Crippen molar-refractivity contribution in [2.24, 2.45) is 0 Å². The lowest BCUT2D eigenvalue weighted by atomic mass is 10.1. The first-order chi connectivity index (χ1) is 11.9. The maximum Gasteiger partial charge on any atom is 0.336 e. The summed E-state index contributed by atoms with van der Waals surface area (Å²) in [5.41, 5.74) is 2.04. The first kappa shape index (κ1) is 18.5. The Bertz CT molecular complexity index is 883. The summed E-state index contributed by atoms with van der Waals surface area (Å²) in [5, 5.41) is 0.685. The Morgan fingerprint density at radius 3 is 2.60 bits per heavy atom. The highest BCUT2D eigenvalue weighted by atomic mass is 16.6. The van der Waals surface area contributed by atoms with Crippen molar-refractivity contribution >= 4 is 16.9 Å². The summed E-state index contributed by atoms with van der Waals surface area (Å²) in [6.07, 6.45) is 5.24. The van der Waals surface area contributed by atoms with E-state index >= 15 is 0 Å². The molecule has 2 rings (SSSR count). The van der Waals surface area contributed by atoms with Crippen molar-refractivity contribution in [3.8, 4) is 11.5 Å². The van der Waals surface area contributed by atoms with Gasteiger partial charge in [0.2, 0.25) is 0 Å². The summed E-state index contributed by atoms with van der Waals surface area (Å²) >= 11 is 0. The van der Waals surface area contributed by atoms with Crippen LogP contribution in [0.5, 0.6) is 11.5 Å². The highest BCUT2D eigenvalue weighted by Crippen LogP contribution is 2.32. The second-order valence-electron chi connectivity index (χ2n) is 6.03. The van der Waals surface area contributed by atoms with Crippen LogP contribution in [0.4, 0.5) is 0 Å². The fraction of sp³-hybridized carbons (Fsp3) is 0.300. The number of benzene rings is 1. The van der Waals surface area contributed by atoms with Gasteiger partial charge in [-0.05, 0) is 45.7 Å². The Kier molecular flexibility index (Phi) is 6.17. The Morgan fingerprint density at radius 2 is 1.92 bits per heavy atom. The molecule has 2 aromatic rings. The number of hydrogen-bond acceptors (Lipinski definition) is 5. The van der Waals surface area contributed by atoms with E-state index in [2.05, 4.69) is 6.08 Å². The molecule has 0 aliphatic rings. The van der Waals surface area contributed by atoms with Crippen molar-refractivity contribution in [3.63, 3.8) is 0 Å². The summed E-state index contributed by atoms with van der Waals surface area (Å²) in [6.45, 7) is 5.96. The Labute approximate surface area is 146 Å². The van der Waals surface area contributed by atoms with Crippen molar-refractivity contribution in [1.82, 2.24) is 0 Å². The predicted octanol–water partition coefficient (Wildman–Crippen LogP) is 4.40. The van der Waals surface area contributed by atoms with Crippen molar-refractivity contribution < 1.29 is 18.7 Å². The van der Waals surface area contributed by atoms with Gasteiger partial charge in [0.15, 0.2) is 11.5 Å². The van der Waals surface area contributed by atoms with Gasteiger partial charge in [-0.25, -0.2) is 9.59 Å². The van der Waals surface area contributed by atoms with Crippen LogP contribution < -0.4 is 15.1 Å². The van der Waals surface area contributed by atoms with Gasteiger partial charge in [-0.2, -0.15) is 0 Å². The molecular weight excluding hydrogens is 320 g/mol. The van der Waals surface area contributed by atoms with Crippen LogP contribution in [0.3, 0.4) is 0 Å². The lowest BCUT2D eigenvalue weighted by Gasteiger charge is -2.09. The van der Waals surface area contributed by atoms with Gasteiger partial charge < -0.3 is 13.9 Å². The second-order valence-corrected chi connectivity index (χ2v) is 6.03.